The molecule has 1 aliphatic heterocycles. The van der Waals surface area contributed by atoms with E-state index in [0.29, 0.717) is 25.0 Å². The van der Waals surface area contributed by atoms with Gasteiger partial charge < -0.3 is 14.8 Å². The molecule has 0 aromatic carbocycles. The molecule has 2 saturated carbocycles. The molecule has 1 aromatic heterocycles. The summed E-state index contributed by atoms with van der Waals surface area (Å²) in [7, 11) is 1.96. The van der Waals surface area contributed by atoms with Crippen LogP contribution in [0.1, 0.15) is 57.2 Å². The molecule has 7 nitrogen and oxygen atoms in total. The maximum Gasteiger partial charge on any atom is 0.237 e. The van der Waals surface area contributed by atoms with Crippen molar-refractivity contribution < 1.29 is 9.59 Å². The first-order chi connectivity index (χ1) is 13.6. The highest BCUT2D eigenvalue weighted by atomic mass is 16.2. The van der Waals surface area contributed by atoms with Gasteiger partial charge in [0.25, 0.3) is 0 Å². The van der Waals surface area contributed by atoms with Gasteiger partial charge in [-0.2, -0.15) is 0 Å². The summed E-state index contributed by atoms with van der Waals surface area (Å²) in [6.07, 6.45) is 12.5. The number of nitrogens with one attached hydrogen (secondary N) is 1. The number of amides is 2. The molecule has 1 saturated heterocycles. The summed E-state index contributed by atoms with van der Waals surface area (Å²) in [5.74, 6) is 1.67. The van der Waals surface area contributed by atoms with Crippen LogP contribution in [0.3, 0.4) is 0 Å². The number of hydrogen-bond acceptors (Lipinski definition) is 4. The van der Waals surface area contributed by atoms with Gasteiger partial charge in [-0.25, -0.2) is 4.98 Å². The van der Waals surface area contributed by atoms with Crippen LogP contribution in [0.5, 0.6) is 0 Å². The molecule has 3 fully saturated rings. The van der Waals surface area contributed by atoms with E-state index < -0.39 is 0 Å². The van der Waals surface area contributed by atoms with Crippen molar-refractivity contribution in [3.8, 4) is 0 Å². The van der Waals surface area contributed by atoms with Gasteiger partial charge in [-0.1, -0.05) is 19.3 Å². The molecule has 0 bridgehead atoms. The van der Waals surface area contributed by atoms with E-state index in [4.69, 9.17) is 0 Å². The van der Waals surface area contributed by atoms with Gasteiger partial charge in [-0.15, -0.1) is 0 Å². The molecule has 0 unspecified atom stereocenters. The SMILES string of the molecule is Cn1ccnc1CN(C(=O)C[C@H]1C(=O)NCCN1CC1CCCCC1)C1CC1. The zero-order chi connectivity index (χ0) is 19.5. The lowest BCUT2D eigenvalue weighted by atomic mass is 9.88. The van der Waals surface area contributed by atoms with Crippen molar-refractivity contribution in [3.05, 3.63) is 18.2 Å². The number of rotatable bonds is 7. The molecule has 154 valence electrons. The van der Waals surface area contributed by atoms with E-state index in [9.17, 15) is 9.59 Å². The van der Waals surface area contributed by atoms with Gasteiger partial charge in [0.15, 0.2) is 0 Å². The highest BCUT2D eigenvalue weighted by Crippen LogP contribution is 2.30. The van der Waals surface area contributed by atoms with Crippen molar-refractivity contribution in [2.75, 3.05) is 19.6 Å². The second-order valence-corrected chi connectivity index (χ2v) is 8.72. The third-order valence-corrected chi connectivity index (χ3v) is 6.57. The molecular weight excluding hydrogens is 354 g/mol. The molecule has 7 heteroatoms. The van der Waals surface area contributed by atoms with Crippen LogP contribution in [0.15, 0.2) is 12.4 Å². The Morgan fingerprint density at radius 1 is 1.25 bits per heavy atom. The molecule has 4 rings (SSSR count). The van der Waals surface area contributed by atoms with Crippen LogP contribution in [0.2, 0.25) is 0 Å². The van der Waals surface area contributed by atoms with E-state index in [0.717, 1.165) is 31.8 Å². The van der Waals surface area contributed by atoms with Gasteiger partial charge in [-0.3, -0.25) is 14.5 Å². The molecular formula is C21H33N5O2. The second-order valence-electron chi connectivity index (χ2n) is 8.72. The number of hydrogen-bond donors (Lipinski definition) is 1. The average molecular weight is 388 g/mol. The molecule has 1 atom stereocenters. The van der Waals surface area contributed by atoms with Crippen molar-refractivity contribution in [2.45, 2.75) is 70.0 Å². The molecule has 28 heavy (non-hydrogen) atoms. The number of piperazine rings is 1. The Kier molecular flexibility index (Phi) is 5.99. The summed E-state index contributed by atoms with van der Waals surface area (Å²) in [5, 5.41) is 2.98. The van der Waals surface area contributed by atoms with Crippen molar-refractivity contribution in [1.82, 2.24) is 24.7 Å². The predicted octanol–water partition coefficient (Wildman–Crippen LogP) is 1.68. The monoisotopic (exact) mass is 387 g/mol. The Morgan fingerprint density at radius 2 is 2.04 bits per heavy atom. The van der Waals surface area contributed by atoms with E-state index in [-0.39, 0.29) is 24.3 Å². The fourth-order valence-corrected chi connectivity index (χ4v) is 4.69. The van der Waals surface area contributed by atoms with E-state index >= 15 is 0 Å². The number of imidazole rings is 1. The normalized spacial score (nSPS) is 24.2. The van der Waals surface area contributed by atoms with Crippen molar-refractivity contribution >= 4 is 11.8 Å². The highest BCUT2D eigenvalue weighted by Gasteiger charge is 2.38. The third kappa shape index (κ3) is 4.57. The van der Waals surface area contributed by atoms with Gasteiger partial charge in [0, 0.05) is 45.1 Å². The largest absolute Gasteiger partial charge is 0.353 e. The van der Waals surface area contributed by atoms with Crippen LogP contribution in [-0.2, 0) is 23.2 Å². The topological polar surface area (TPSA) is 70.5 Å². The summed E-state index contributed by atoms with van der Waals surface area (Å²) in [6, 6.07) is -0.0200. The maximum atomic E-state index is 13.2. The van der Waals surface area contributed by atoms with E-state index in [1.54, 1.807) is 6.20 Å². The van der Waals surface area contributed by atoms with Crippen LogP contribution in [0.25, 0.3) is 0 Å². The third-order valence-electron chi connectivity index (χ3n) is 6.57. The molecule has 0 radical (unpaired) electrons. The standard InChI is InChI=1S/C21H33N5O2/c1-24-11-9-22-19(24)15-26(17-7-8-17)20(27)13-18-21(28)23-10-12-25(18)14-16-5-3-2-4-6-16/h9,11,16-18H,2-8,10,12-15H2,1H3,(H,23,28)/t18-/m0/s1. The lowest BCUT2D eigenvalue weighted by Crippen LogP contribution is -2.57. The molecule has 2 aliphatic carbocycles. The zero-order valence-corrected chi connectivity index (χ0v) is 17.0. The van der Waals surface area contributed by atoms with E-state index in [2.05, 4.69) is 15.2 Å². The van der Waals surface area contributed by atoms with Crippen LogP contribution in [0, 0.1) is 5.92 Å². The van der Waals surface area contributed by atoms with Gasteiger partial charge in [0.2, 0.25) is 11.8 Å². The molecule has 2 amide bonds. The molecule has 1 N–H and O–H groups in total. The average Bonchev–Trinajstić information content (AvgIpc) is 3.45. The zero-order valence-electron chi connectivity index (χ0n) is 17.0. The summed E-state index contributed by atoms with van der Waals surface area (Å²) in [5.41, 5.74) is 0. The van der Waals surface area contributed by atoms with Crippen LogP contribution < -0.4 is 5.32 Å². The lowest BCUT2D eigenvalue weighted by Gasteiger charge is -2.38. The Hall–Kier alpha value is -1.89. The summed E-state index contributed by atoms with van der Waals surface area (Å²) < 4.78 is 1.96. The van der Waals surface area contributed by atoms with Crippen molar-refractivity contribution in [2.24, 2.45) is 13.0 Å². The number of aryl methyl sites for hydroxylation is 1. The van der Waals surface area contributed by atoms with E-state index in [1.807, 2.05) is 22.7 Å². The lowest BCUT2D eigenvalue weighted by molar-refractivity contribution is -0.140. The Bertz CT molecular complexity index is 693. The number of nitrogens with zero attached hydrogens (tertiary/aromatic N) is 4. The fourth-order valence-electron chi connectivity index (χ4n) is 4.69. The smallest absolute Gasteiger partial charge is 0.237 e. The van der Waals surface area contributed by atoms with Gasteiger partial charge in [0.1, 0.15) is 5.82 Å². The van der Waals surface area contributed by atoms with Gasteiger partial charge >= 0.3 is 0 Å². The number of carbonyl (C=O) groups excluding carboxylic acids is 2. The molecule has 3 aliphatic rings. The Balaban J connectivity index is 1.41. The molecule has 0 spiro atoms. The van der Waals surface area contributed by atoms with E-state index in [1.165, 1.54) is 32.1 Å². The van der Waals surface area contributed by atoms with Crippen molar-refractivity contribution in [3.63, 3.8) is 0 Å². The maximum absolute atomic E-state index is 13.2. The second kappa shape index (κ2) is 8.64. The highest BCUT2D eigenvalue weighted by molar-refractivity contribution is 5.89. The Labute approximate surface area is 167 Å². The van der Waals surface area contributed by atoms with Crippen LogP contribution in [-0.4, -0.2) is 62.9 Å². The minimum Gasteiger partial charge on any atom is -0.353 e. The quantitative estimate of drug-likeness (QED) is 0.773. The van der Waals surface area contributed by atoms with Gasteiger partial charge in [-0.05, 0) is 31.6 Å². The minimum absolute atomic E-state index is 0.0168. The first-order valence-corrected chi connectivity index (χ1v) is 10.9. The van der Waals surface area contributed by atoms with Crippen LogP contribution in [0.4, 0.5) is 0 Å². The summed E-state index contributed by atoms with van der Waals surface area (Å²) >= 11 is 0. The fraction of sp³-hybridized carbons (Fsp3) is 0.762. The van der Waals surface area contributed by atoms with Crippen molar-refractivity contribution in [1.29, 1.82) is 0 Å². The summed E-state index contributed by atoms with van der Waals surface area (Å²) in [4.78, 5) is 34.4. The first-order valence-electron chi connectivity index (χ1n) is 10.9. The Morgan fingerprint density at radius 3 is 2.71 bits per heavy atom. The number of aromatic nitrogens is 2. The predicted molar refractivity (Wildman–Crippen MR) is 106 cm³/mol. The first kappa shape index (κ1) is 19.4. The van der Waals surface area contributed by atoms with Crippen LogP contribution >= 0.6 is 0 Å². The summed E-state index contributed by atoms with van der Waals surface area (Å²) in [6.45, 7) is 3.02. The molecule has 2 heterocycles. The molecule has 1 aromatic rings. The number of carbonyl (C=O) groups is 2. The van der Waals surface area contributed by atoms with Gasteiger partial charge in [0.05, 0.1) is 19.0 Å². The minimum atomic E-state index is -0.328.